The number of alkyl halides is 2. The van der Waals surface area contributed by atoms with E-state index in [2.05, 4.69) is 91.1 Å². The summed E-state index contributed by atoms with van der Waals surface area (Å²) in [6, 6.07) is 16.7. The number of carbonyl (C=O) groups excluding carboxylic acids is 12. The minimum absolute atomic E-state index is 0.00265. The molecule has 40 nitrogen and oxygen atoms in total. The number of para-hydroxylation sites is 1. The van der Waals surface area contributed by atoms with Crippen LogP contribution in [-0.4, -0.2) is 322 Å². The van der Waals surface area contributed by atoms with Crippen LogP contribution in [0.3, 0.4) is 0 Å². The van der Waals surface area contributed by atoms with E-state index in [1.807, 2.05) is 60.1 Å². The van der Waals surface area contributed by atoms with Crippen molar-refractivity contribution >= 4 is 82.3 Å². The van der Waals surface area contributed by atoms with E-state index in [-0.39, 0.29) is 185 Å². The number of alkyl carbamates (subject to hydrolysis) is 1. The molecule has 4 fully saturated rings. The van der Waals surface area contributed by atoms with Gasteiger partial charge in [-0.05, 0) is 155 Å². The number of halogens is 2. The number of hydrogen-bond acceptors (Lipinski definition) is 27. The van der Waals surface area contributed by atoms with Gasteiger partial charge in [0.05, 0.1) is 183 Å². The number of aliphatic hydroxyl groups excluding tert-OH is 1. The number of hydrogen-bond donors (Lipinski definition) is 11. The zero-order valence-electron chi connectivity index (χ0n) is 86.6. The molecule has 14 atom stereocenters. The largest absolute Gasteiger partial charge is 0.445 e. The Kier molecular flexibility index (Phi) is 46.1. The van der Waals surface area contributed by atoms with Crippen molar-refractivity contribution < 1.29 is 133 Å². The number of urea groups is 1. The van der Waals surface area contributed by atoms with E-state index in [0.717, 1.165) is 58.8 Å². The van der Waals surface area contributed by atoms with Gasteiger partial charge in [-0.1, -0.05) is 113 Å². The Morgan fingerprint density at radius 2 is 1.26 bits per heavy atom. The first-order valence-corrected chi connectivity index (χ1v) is 52.0. The third-order valence-electron chi connectivity index (χ3n) is 28.1. The number of rotatable bonds is 63. The molecule has 11 amide bonds. The SMILES string of the molecule is CCCC1O[C@@H]2C[C@H]3[C@@H]4C[C@H](F)C5=CC(=O)C=C[C@]5(C)[C@@]4(F)[C@@H](O)C[C@]3(C)[C@]2(C(=O)CNC(=O)OCc2ccc(NC(=O)[C@H](CCCNC(N)=O)NC(=O)[C@@H](NC(=O)[C@@H](CCCCNC(=O)COC3CCCCCc4c3nnn4CCOCCOCCOCCOCCC(=O)NCC[N+](C)(C)C)NC(=O)CCOCCOCCOCCOCCNC(=O)CCC(=O)N3Cc4ccccc4C#Cc4ccccc43)C(C)C)cc2)O1. The third kappa shape index (κ3) is 33.4. The van der Waals surface area contributed by atoms with Gasteiger partial charge < -0.3 is 125 Å². The summed E-state index contributed by atoms with van der Waals surface area (Å²) >= 11 is 0. The maximum atomic E-state index is 18.1. The molecule has 0 spiro atoms. The van der Waals surface area contributed by atoms with Gasteiger partial charge in [0.25, 0.3) is 0 Å². The van der Waals surface area contributed by atoms with Crippen LogP contribution in [-0.2, 0) is 131 Å². The second-order valence-corrected chi connectivity index (χ2v) is 40.1. The van der Waals surface area contributed by atoms with Crippen LogP contribution < -0.4 is 58.5 Å². The smallest absolute Gasteiger partial charge is 0.407 e. The van der Waals surface area contributed by atoms with E-state index in [4.69, 9.17) is 62.6 Å². The Labute approximate surface area is 864 Å². The monoisotopic (exact) mass is 2070 g/mol. The number of nitrogens with one attached hydrogen (secondary N) is 9. The van der Waals surface area contributed by atoms with E-state index >= 15 is 8.78 Å². The van der Waals surface area contributed by atoms with Crippen molar-refractivity contribution in [3.63, 3.8) is 0 Å². The van der Waals surface area contributed by atoms with E-state index < -0.39 is 143 Å². The van der Waals surface area contributed by atoms with E-state index in [9.17, 15) is 62.6 Å². The number of nitrogens with two attached hydrogens (primary N) is 1. The molecule has 0 bridgehead atoms. The van der Waals surface area contributed by atoms with Crippen LogP contribution in [0.4, 0.5) is 29.7 Å². The molecule has 11 rings (SSSR count). The molecule has 4 aromatic rings. The van der Waals surface area contributed by atoms with Crippen molar-refractivity contribution in [1.82, 2.24) is 57.5 Å². The Hall–Kier alpha value is -11.2. The molecule has 5 aliphatic carbocycles. The highest BCUT2D eigenvalue weighted by molar-refractivity contribution is 6.02. The fourth-order valence-corrected chi connectivity index (χ4v) is 20.3. The number of ketones is 2. The Bertz CT molecular complexity index is 5210. The van der Waals surface area contributed by atoms with Crippen molar-refractivity contribution in [2.45, 2.75) is 236 Å². The number of quaternary nitrogens is 1. The van der Waals surface area contributed by atoms with Crippen LogP contribution in [0.2, 0.25) is 0 Å². The van der Waals surface area contributed by atoms with Crippen LogP contribution in [0.1, 0.15) is 190 Å². The maximum absolute atomic E-state index is 18.1. The Balaban J connectivity index is 0.622. The molecule has 0 radical (unpaired) electrons. The van der Waals surface area contributed by atoms with Gasteiger partial charge in [-0.3, -0.25) is 47.9 Å². The minimum atomic E-state index is -2.42. The van der Waals surface area contributed by atoms with Crippen LogP contribution >= 0.6 is 0 Å². The first-order chi connectivity index (χ1) is 71.1. The zero-order valence-corrected chi connectivity index (χ0v) is 86.6. The van der Waals surface area contributed by atoms with Gasteiger partial charge in [0.15, 0.2) is 29.1 Å². The van der Waals surface area contributed by atoms with E-state index in [0.29, 0.717) is 128 Å². The van der Waals surface area contributed by atoms with Gasteiger partial charge in [-0.15, -0.1) is 5.10 Å². The number of fused-ring (bicyclic) bond motifs is 10. The number of carbonyl (C=O) groups is 12. The molecule has 42 heteroatoms. The predicted octanol–water partition coefficient (Wildman–Crippen LogP) is 6.52. The average molecular weight is 2070 g/mol. The summed E-state index contributed by atoms with van der Waals surface area (Å²) in [5, 5.41) is 45.8. The highest BCUT2D eigenvalue weighted by Crippen LogP contribution is 2.72. The zero-order chi connectivity index (χ0) is 106. The second-order valence-electron chi connectivity index (χ2n) is 40.1. The summed E-state index contributed by atoms with van der Waals surface area (Å²) in [5.41, 5.74) is 3.63. The molecule has 7 aliphatic rings. The van der Waals surface area contributed by atoms with Crippen molar-refractivity contribution in [3.05, 3.63) is 130 Å². The Morgan fingerprint density at radius 3 is 1.94 bits per heavy atom. The fourth-order valence-electron chi connectivity index (χ4n) is 20.3. The van der Waals surface area contributed by atoms with Crippen molar-refractivity contribution in [2.75, 3.05) is 183 Å². The molecule has 12 N–H and O–H groups in total. The van der Waals surface area contributed by atoms with Crippen molar-refractivity contribution in [1.29, 1.82) is 0 Å². The lowest BCUT2D eigenvalue weighted by Gasteiger charge is -2.63. The maximum Gasteiger partial charge on any atom is 0.407 e. The van der Waals surface area contributed by atoms with Gasteiger partial charge in [-0.25, -0.2) is 23.1 Å². The standard InChI is InChI=1S/C106H151F2N15O25/c1-9-20-95-147-89-65-78-79-64-81(107)80-63-77(124)37-40-103(80,4)105(79,108)87(125)66-104(78,5)106(89,148-95)88(126)67-114-102(136)146-69-72-29-33-76(34-30-72)115-98(132)83(25-19-42-113-101(109)135)117-100(134)96(71(2)3)118-99(133)82(116-92(129)39-48-138-52-56-142-59-61-143-57-53-139-49-44-112-90(127)35-36-94(131)121-68-75-23-14-13-21-73(75)31-32-74-22-15-16-26-84(74)121)24-17-18-41-110-93(130)70-145-86-28-12-10-11-27-85-97(86)119-120-122(85)45-50-140-54-58-144-62-60-141-55-51-137-47-38-91(128)111-43-46-123(6,7)8/h13-16,21-23,26,29-30,33-34,37,40,63,71,78-79,81-83,86-87,89,95-96,125H,9-12,17-20,24-25,27-28,35-36,38-39,41-62,64-70H2,1-8H3,(H10-,109,110,111,112,113,114,115,116,117,118,127,128,129,130,132,133,134,135,136)/p+1/t78-,79-,81-,82+,83-,86?,87-,89+,95?,96-,103-,104-,105-,106+/m0/s1. The third-order valence-corrected chi connectivity index (χ3v) is 28.1. The molecule has 3 aromatic carbocycles. The topological polar surface area (TPSA) is 504 Å². The molecule has 2 unspecified atom stereocenters. The normalized spacial score (nSPS) is 22.6. The molecule has 3 saturated carbocycles. The van der Waals surface area contributed by atoms with Crippen LogP contribution in [0.5, 0.6) is 0 Å². The van der Waals surface area contributed by atoms with Gasteiger partial charge in [0, 0.05) is 78.9 Å². The summed E-state index contributed by atoms with van der Waals surface area (Å²) < 4.78 is 107. The number of Topliss-reactive ketones (excluding diaryl/α,β-unsaturated/α-hetero) is 1. The lowest BCUT2D eigenvalue weighted by molar-refractivity contribution is -0.869. The molecular weight excluding hydrogens is 1920 g/mol. The summed E-state index contributed by atoms with van der Waals surface area (Å²) in [5.74, 6) is -0.766. The van der Waals surface area contributed by atoms with Gasteiger partial charge in [-0.2, -0.15) is 0 Å². The lowest BCUT2D eigenvalue weighted by atomic mass is 9.44. The summed E-state index contributed by atoms with van der Waals surface area (Å²) in [6.07, 6.45) is 2.46. The molecular formula is C106H152F2N15O25+. The highest BCUT2D eigenvalue weighted by atomic mass is 19.1. The predicted molar refractivity (Wildman–Crippen MR) is 539 cm³/mol. The van der Waals surface area contributed by atoms with Crippen LogP contribution in [0.15, 0.2) is 96.6 Å². The second kappa shape index (κ2) is 58.3. The number of unbranched alkanes of at least 4 members (excludes halogenated alkanes) is 1. The van der Waals surface area contributed by atoms with Gasteiger partial charge in [0.2, 0.25) is 47.3 Å². The van der Waals surface area contributed by atoms with Crippen LogP contribution in [0, 0.1) is 40.4 Å². The summed E-state index contributed by atoms with van der Waals surface area (Å²) in [4.78, 5) is 164. The number of aliphatic hydroxyl groups is 1. The minimum Gasteiger partial charge on any atom is -0.445 e. The van der Waals surface area contributed by atoms with E-state index in [1.54, 1.807) is 37.8 Å². The number of allylic oxidation sites excluding steroid dienone is 4. The van der Waals surface area contributed by atoms with Gasteiger partial charge >= 0.3 is 12.1 Å². The molecule has 148 heavy (non-hydrogen) atoms. The molecule has 1 aromatic heterocycles. The lowest BCUT2D eigenvalue weighted by Crippen LogP contribution is -2.71. The summed E-state index contributed by atoms with van der Waals surface area (Å²) in [7, 11) is 6.20. The van der Waals surface area contributed by atoms with Crippen molar-refractivity contribution in [2.24, 2.45) is 34.3 Å². The van der Waals surface area contributed by atoms with Crippen molar-refractivity contribution in [3.8, 4) is 11.8 Å². The molecule has 2 aliphatic heterocycles. The highest BCUT2D eigenvalue weighted by Gasteiger charge is 2.80. The number of ether oxygens (including phenoxy) is 12. The molecule has 3 heterocycles. The average Bonchev–Trinajstić information content (AvgIpc) is 1.47. The van der Waals surface area contributed by atoms with E-state index in [1.165, 1.54) is 31.2 Å². The molecule has 1 saturated heterocycles. The fraction of sp³-hybridized carbons (Fsp3) is 0.642. The number of nitrogens with zero attached hydrogens (tertiary/aromatic N) is 5. The van der Waals surface area contributed by atoms with Gasteiger partial charge in [0.1, 0.15) is 49.3 Å². The van der Waals surface area contributed by atoms with Crippen LogP contribution in [0.25, 0.3) is 0 Å². The number of likely N-dealkylation sites (N-methyl/N-ethyl adjacent to an activating group) is 1. The first-order valence-electron chi connectivity index (χ1n) is 52.0. The number of primary amides is 1. The molecule has 814 valence electrons. The number of aromatic nitrogens is 3. The number of amides is 11. The quantitative estimate of drug-likeness (QED) is 0.0127. The number of anilines is 2. The Morgan fingerprint density at radius 1 is 0.642 bits per heavy atom. The summed E-state index contributed by atoms with van der Waals surface area (Å²) in [6.45, 7) is 14.3. The first kappa shape index (κ1) is 117. The number of benzene rings is 3.